The Morgan fingerprint density at radius 2 is 1.88 bits per heavy atom. The smallest absolute Gasteiger partial charge is 0.299 e. The zero-order valence-electron chi connectivity index (χ0n) is 16.8. The SMILES string of the molecule is C=C1CCC[C@@]1(C)[C@]1(C(=O)O[Si](C)(C)C(C)(C)C)CC=C(C)CC1. The van der Waals surface area contributed by atoms with Gasteiger partial charge in [-0.25, -0.2) is 0 Å². The summed E-state index contributed by atoms with van der Waals surface area (Å²) in [6, 6.07) is 0. The van der Waals surface area contributed by atoms with Gasteiger partial charge in [0.2, 0.25) is 0 Å². The van der Waals surface area contributed by atoms with Crippen molar-refractivity contribution in [3.8, 4) is 0 Å². The van der Waals surface area contributed by atoms with E-state index in [2.05, 4.69) is 60.4 Å². The third kappa shape index (κ3) is 3.05. The van der Waals surface area contributed by atoms with Crippen LogP contribution in [0.4, 0.5) is 0 Å². The highest BCUT2D eigenvalue weighted by molar-refractivity contribution is 6.75. The lowest BCUT2D eigenvalue weighted by atomic mass is 9.56. The Bertz CT molecular complexity index is 567. The van der Waals surface area contributed by atoms with Crippen molar-refractivity contribution < 1.29 is 9.22 Å². The maximum Gasteiger partial charge on any atom is 0.299 e. The van der Waals surface area contributed by atoms with E-state index in [1.54, 1.807) is 0 Å². The van der Waals surface area contributed by atoms with Gasteiger partial charge in [-0.1, -0.05) is 51.5 Å². The van der Waals surface area contributed by atoms with E-state index in [0.717, 1.165) is 38.5 Å². The van der Waals surface area contributed by atoms with E-state index in [1.165, 1.54) is 11.1 Å². The van der Waals surface area contributed by atoms with Crippen LogP contribution >= 0.6 is 0 Å². The van der Waals surface area contributed by atoms with E-state index in [1.807, 2.05) is 0 Å². The average Bonchev–Trinajstić information content (AvgIpc) is 2.79. The summed E-state index contributed by atoms with van der Waals surface area (Å²) in [6.07, 6.45) is 8.23. The van der Waals surface area contributed by atoms with Crippen molar-refractivity contribution in [2.45, 2.75) is 91.3 Å². The minimum absolute atomic E-state index is 0.0395. The van der Waals surface area contributed by atoms with E-state index in [4.69, 9.17) is 4.43 Å². The Morgan fingerprint density at radius 1 is 1.25 bits per heavy atom. The fourth-order valence-electron chi connectivity index (χ4n) is 4.04. The molecule has 0 aliphatic heterocycles. The Labute approximate surface area is 149 Å². The van der Waals surface area contributed by atoms with Crippen LogP contribution in [-0.4, -0.2) is 14.3 Å². The van der Waals surface area contributed by atoms with Gasteiger partial charge >= 0.3 is 0 Å². The molecule has 1 fully saturated rings. The van der Waals surface area contributed by atoms with E-state index >= 15 is 0 Å². The van der Waals surface area contributed by atoms with Crippen LogP contribution in [0.25, 0.3) is 0 Å². The van der Waals surface area contributed by atoms with Crippen LogP contribution < -0.4 is 0 Å². The van der Waals surface area contributed by atoms with Crippen molar-refractivity contribution >= 4 is 14.3 Å². The van der Waals surface area contributed by atoms with Gasteiger partial charge in [0, 0.05) is 5.41 Å². The third-order valence-electron chi connectivity index (χ3n) is 7.28. The molecule has 0 unspecified atom stereocenters. The molecule has 0 heterocycles. The lowest BCUT2D eigenvalue weighted by Crippen LogP contribution is -2.52. The van der Waals surface area contributed by atoms with E-state index in [0.29, 0.717) is 0 Å². The van der Waals surface area contributed by atoms with Crippen LogP contribution in [-0.2, 0) is 9.22 Å². The van der Waals surface area contributed by atoms with Crippen LogP contribution in [0, 0.1) is 10.8 Å². The van der Waals surface area contributed by atoms with E-state index in [-0.39, 0.29) is 16.4 Å². The second-order valence-corrected chi connectivity index (χ2v) is 14.5. The maximum atomic E-state index is 13.6. The molecule has 136 valence electrons. The number of carbonyl (C=O) groups is 1. The molecular formula is C21H36O2Si. The average molecular weight is 349 g/mol. The molecule has 0 aromatic rings. The van der Waals surface area contributed by atoms with Gasteiger partial charge in [0.1, 0.15) is 0 Å². The predicted octanol–water partition coefficient (Wildman–Crippen LogP) is 6.40. The first-order valence-corrected chi connectivity index (χ1v) is 12.3. The number of carbonyl (C=O) groups excluding carboxylic acids is 1. The molecule has 2 aliphatic carbocycles. The zero-order valence-corrected chi connectivity index (χ0v) is 17.8. The molecule has 24 heavy (non-hydrogen) atoms. The van der Waals surface area contributed by atoms with Gasteiger partial charge in [-0.15, -0.1) is 0 Å². The Balaban J connectivity index is 2.41. The molecule has 3 heteroatoms. The summed E-state index contributed by atoms with van der Waals surface area (Å²) in [5.41, 5.74) is 2.11. The summed E-state index contributed by atoms with van der Waals surface area (Å²) in [7, 11) is -2.12. The van der Waals surface area contributed by atoms with Gasteiger partial charge in [0.05, 0.1) is 5.41 Å². The molecule has 0 radical (unpaired) electrons. The summed E-state index contributed by atoms with van der Waals surface area (Å²) in [5.74, 6) is 0.0448. The molecule has 1 saturated carbocycles. The van der Waals surface area contributed by atoms with Crippen LogP contribution in [0.3, 0.4) is 0 Å². The number of hydrogen-bond donors (Lipinski definition) is 0. The van der Waals surface area contributed by atoms with Gasteiger partial charge in [-0.3, -0.25) is 4.79 Å². The second kappa shape index (κ2) is 6.16. The summed E-state index contributed by atoms with van der Waals surface area (Å²) in [4.78, 5) is 13.6. The van der Waals surface area contributed by atoms with Gasteiger partial charge < -0.3 is 4.43 Å². The normalized spacial score (nSPS) is 31.8. The molecule has 0 saturated heterocycles. The quantitative estimate of drug-likeness (QED) is 0.436. The first-order valence-electron chi connectivity index (χ1n) is 9.43. The van der Waals surface area contributed by atoms with Crippen molar-refractivity contribution in [2.24, 2.45) is 10.8 Å². The van der Waals surface area contributed by atoms with Crippen LogP contribution in [0.2, 0.25) is 18.1 Å². The van der Waals surface area contributed by atoms with Crippen molar-refractivity contribution in [3.05, 3.63) is 23.8 Å². The second-order valence-electron chi connectivity index (χ2n) is 9.78. The highest BCUT2D eigenvalue weighted by atomic mass is 28.4. The topological polar surface area (TPSA) is 26.3 Å². The maximum absolute atomic E-state index is 13.6. The van der Waals surface area contributed by atoms with Gasteiger partial charge in [-0.2, -0.15) is 0 Å². The largest absolute Gasteiger partial charge is 0.519 e. The first kappa shape index (κ1) is 19.5. The molecule has 0 N–H and O–H groups in total. The van der Waals surface area contributed by atoms with Crippen molar-refractivity contribution in [3.63, 3.8) is 0 Å². The number of rotatable bonds is 3. The van der Waals surface area contributed by atoms with Crippen LogP contribution in [0.5, 0.6) is 0 Å². The fraction of sp³-hybridized carbons (Fsp3) is 0.762. The van der Waals surface area contributed by atoms with Gasteiger partial charge in [-0.05, 0) is 63.6 Å². The molecule has 0 bridgehead atoms. The Morgan fingerprint density at radius 3 is 2.29 bits per heavy atom. The van der Waals surface area contributed by atoms with Gasteiger partial charge in [0.15, 0.2) is 0 Å². The molecule has 2 rings (SSSR count). The third-order valence-corrected chi connectivity index (χ3v) is 11.6. The summed E-state index contributed by atoms with van der Waals surface area (Å²) >= 11 is 0. The van der Waals surface area contributed by atoms with Crippen LogP contribution in [0.1, 0.15) is 73.1 Å². The van der Waals surface area contributed by atoms with Crippen molar-refractivity contribution in [1.29, 1.82) is 0 Å². The fourth-order valence-corrected chi connectivity index (χ4v) is 5.01. The lowest BCUT2D eigenvalue weighted by Gasteiger charge is -2.49. The Kier molecular flexibility index (Phi) is 5.00. The first-order chi connectivity index (χ1) is 10.9. The highest BCUT2D eigenvalue weighted by Gasteiger charge is 2.58. The molecule has 0 aromatic carbocycles. The summed E-state index contributed by atoms with van der Waals surface area (Å²) in [6.45, 7) is 19.7. The van der Waals surface area contributed by atoms with E-state index < -0.39 is 13.7 Å². The molecule has 2 aliphatic rings. The van der Waals surface area contributed by atoms with Crippen molar-refractivity contribution in [1.82, 2.24) is 0 Å². The standard InChI is InChI=1S/C21H36O2Si/c1-16-11-14-21(15-12-16,20(6)13-9-10-17(20)2)18(22)23-24(7,8)19(3,4)5/h11H,2,9-10,12-15H2,1,3-8H3/t20-,21-/m1/s1. The Hall–Kier alpha value is -0.833. The summed E-state index contributed by atoms with van der Waals surface area (Å²) < 4.78 is 6.34. The molecule has 2 nitrogen and oxygen atoms in total. The monoisotopic (exact) mass is 348 g/mol. The zero-order chi connectivity index (χ0) is 18.4. The molecule has 0 aromatic heterocycles. The minimum atomic E-state index is -2.12. The number of allylic oxidation sites excluding steroid dienone is 3. The van der Waals surface area contributed by atoms with Gasteiger partial charge in [0.25, 0.3) is 14.3 Å². The molecule has 0 spiro atoms. The van der Waals surface area contributed by atoms with Crippen molar-refractivity contribution in [2.75, 3.05) is 0 Å². The molecule has 2 atom stereocenters. The predicted molar refractivity (Wildman–Crippen MR) is 104 cm³/mol. The minimum Gasteiger partial charge on any atom is -0.519 e. The lowest BCUT2D eigenvalue weighted by molar-refractivity contribution is -0.155. The highest BCUT2D eigenvalue weighted by Crippen LogP contribution is 2.60. The number of hydrogen-bond acceptors (Lipinski definition) is 2. The summed E-state index contributed by atoms with van der Waals surface area (Å²) in [5, 5.41) is 0.0395. The molecule has 0 amide bonds. The van der Waals surface area contributed by atoms with E-state index in [9.17, 15) is 4.79 Å². The molecular weight excluding hydrogens is 312 g/mol. The van der Waals surface area contributed by atoms with Crippen LogP contribution in [0.15, 0.2) is 23.8 Å².